The van der Waals surface area contributed by atoms with Crippen molar-refractivity contribution in [2.45, 2.75) is 22.6 Å². The summed E-state index contributed by atoms with van der Waals surface area (Å²) in [5.74, 6) is 0. The molecule has 0 radical (unpaired) electrons. The van der Waals surface area contributed by atoms with Gasteiger partial charge in [-0.1, -0.05) is 12.1 Å². The minimum absolute atomic E-state index is 0.275. The lowest BCUT2D eigenvalue weighted by atomic mass is 10.1. The fraction of sp³-hybridized carbons (Fsp3) is 0.455. The van der Waals surface area contributed by atoms with Gasteiger partial charge in [0, 0.05) is 16.4 Å². The molecule has 0 unspecified atom stereocenters. The maximum Gasteiger partial charge on any atom is 0.0434 e. The van der Waals surface area contributed by atoms with E-state index in [-0.39, 0.29) is 6.61 Å². The molecule has 0 aliphatic heterocycles. The quantitative estimate of drug-likeness (QED) is 0.782. The van der Waals surface area contributed by atoms with E-state index in [1.54, 1.807) is 23.5 Å². The number of aryl methyl sites for hydroxylation is 1. The van der Waals surface area contributed by atoms with E-state index in [2.05, 4.69) is 30.7 Å². The molecule has 1 aromatic rings. The average Bonchev–Trinajstić information content (AvgIpc) is 2.25. The van der Waals surface area contributed by atoms with Crippen molar-refractivity contribution in [3.8, 4) is 0 Å². The molecule has 0 bridgehead atoms. The van der Waals surface area contributed by atoms with Gasteiger partial charge in [-0.3, -0.25) is 0 Å². The molecule has 0 heterocycles. The number of aliphatic hydroxyl groups is 1. The van der Waals surface area contributed by atoms with E-state index >= 15 is 0 Å². The summed E-state index contributed by atoms with van der Waals surface area (Å²) in [6, 6.07) is 6.40. The molecule has 78 valence electrons. The largest absolute Gasteiger partial charge is 0.396 e. The first kappa shape index (κ1) is 12.0. The highest BCUT2D eigenvalue weighted by atomic mass is 32.2. The second-order valence-electron chi connectivity index (χ2n) is 2.98. The van der Waals surface area contributed by atoms with Gasteiger partial charge >= 0.3 is 0 Å². The van der Waals surface area contributed by atoms with E-state index in [0.29, 0.717) is 0 Å². The summed E-state index contributed by atoms with van der Waals surface area (Å²) < 4.78 is 0. The summed E-state index contributed by atoms with van der Waals surface area (Å²) in [7, 11) is 0. The van der Waals surface area contributed by atoms with Crippen molar-refractivity contribution in [2.75, 3.05) is 19.1 Å². The van der Waals surface area contributed by atoms with E-state index in [0.717, 1.165) is 12.8 Å². The van der Waals surface area contributed by atoms with Gasteiger partial charge in [0.25, 0.3) is 0 Å². The Morgan fingerprint density at radius 1 is 1.21 bits per heavy atom. The second kappa shape index (κ2) is 6.38. The molecule has 0 atom stereocenters. The van der Waals surface area contributed by atoms with Crippen LogP contribution in [0.2, 0.25) is 0 Å². The van der Waals surface area contributed by atoms with Crippen molar-refractivity contribution in [3.05, 3.63) is 23.8 Å². The van der Waals surface area contributed by atoms with Gasteiger partial charge in [-0.2, -0.15) is 0 Å². The van der Waals surface area contributed by atoms with Crippen LogP contribution in [0.1, 0.15) is 12.0 Å². The van der Waals surface area contributed by atoms with Gasteiger partial charge in [-0.05, 0) is 37.0 Å². The molecule has 3 heteroatoms. The molecule has 0 saturated heterocycles. The third kappa shape index (κ3) is 2.94. The van der Waals surface area contributed by atoms with Crippen LogP contribution < -0.4 is 0 Å². The fourth-order valence-corrected chi connectivity index (χ4v) is 3.15. The molecule has 0 amide bonds. The Hall–Kier alpha value is -0.120. The lowest BCUT2D eigenvalue weighted by Gasteiger charge is -2.10. The van der Waals surface area contributed by atoms with Crippen LogP contribution in [0.25, 0.3) is 0 Å². The minimum Gasteiger partial charge on any atom is -0.396 e. The van der Waals surface area contributed by atoms with Gasteiger partial charge in [0.2, 0.25) is 0 Å². The van der Waals surface area contributed by atoms with Crippen LogP contribution in [0.4, 0.5) is 0 Å². The smallest absolute Gasteiger partial charge is 0.0434 e. The Labute approximate surface area is 94.3 Å². The molecule has 0 aliphatic carbocycles. The summed E-state index contributed by atoms with van der Waals surface area (Å²) in [6.07, 6.45) is 6.04. The van der Waals surface area contributed by atoms with Crippen molar-refractivity contribution in [1.82, 2.24) is 0 Å². The molecule has 14 heavy (non-hydrogen) atoms. The maximum atomic E-state index is 8.81. The number of aliphatic hydroxyl groups excluding tert-OH is 1. The molecule has 0 saturated carbocycles. The fourth-order valence-electron chi connectivity index (χ4n) is 1.42. The van der Waals surface area contributed by atoms with Gasteiger partial charge in [-0.15, -0.1) is 23.5 Å². The van der Waals surface area contributed by atoms with Crippen LogP contribution in [-0.2, 0) is 6.42 Å². The number of hydrogen-bond donors (Lipinski definition) is 1. The molecular formula is C11H16OS2. The molecule has 1 rings (SSSR count). The highest BCUT2D eigenvalue weighted by molar-refractivity contribution is 8.01. The summed E-state index contributed by atoms with van der Waals surface area (Å²) in [6.45, 7) is 0.275. The molecule has 1 N–H and O–H groups in total. The summed E-state index contributed by atoms with van der Waals surface area (Å²) in [5, 5.41) is 8.81. The van der Waals surface area contributed by atoms with Crippen LogP contribution in [-0.4, -0.2) is 24.2 Å². The van der Waals surface area contributed by atoms with Gasteiger partial charge in [0.05, 0.1) is 0 Å². The van der Waals surface area contributed by atoms with Crippen LogP contribution in [0.5, 0.6) is 0 Å². The molecular weight excluding hydrogens is 212 g/mol. The first-order valence-corrected chi connectivity index (χ1v) is 7.09. The SMILES string of the molecule is CSc1cccc(CCCO)c1SC. The molecule has 0 spiro atoms. The Bertz CT molecular complexity index is 287. The van der Waals surface area contributed by atoms with Gasteiger partial charge in [0.1, 0.15) is 0 Å². The van der Waals surface area contributed by atoms with E-state index in [4.69, 9.17) is 5.11 Å². The number of rotatable bonds is 5. The molecule has 0 fully saturated rings. The zero-order valence-corrected chi connectivity index (χ0v) is 10.3. The Morgan fingerprint density at radius 3 is 2.57 bits per heavy atom. The van der Waals surface area contributed by atoms with Crippen molar-refractivity contribution >= 4 is 23.5 Å². The van der Waals surface area contributed by atoms with E-state index in [1.807, 2.05) is 0 Å². The number of benzene rings is 1. The third-order valence-corrected chi connectivity index (χ3v) is 3.89. The second-order valence-corrected chi connectivity index (χ2v) is 4.64. The van der Waals surface area contributed by atoms with Gasteiger partial charge in [0.15, 0.2) is 0 Å². The average molecular weight is 228 g/mol. The predicted octanol–water partition coefficient (Wildman–Crippen LogP) is 3.06. The Morgan fingerprint density at radius 2 is 2.00 bits per heavy atom. The summed E-state index contributed by atoms with van der Waals surface area (Å²) in [5.41, 5.74) is 1.36. The topological polar surface area (TPSA) is 20.2 Å². The zero-order valence-electron chi connectivity index (χ0n) is 8.62. The van der Waals surface area contributed by atoms with Crippen molar-refractivity contribution in [2.24, 2.45) is 0 Å². The van der Waals surface area contributed by atoms with Gasteiger partial charge in [-0.25, -0.2) is 0 Å². The molecule has 1 aromatic carbocycles. The monoisotopic (exact) mass is 228 g/mol. The van der Waals surface area contributed by atoms with Crippen LogP contribution in [0, 0.1) is 0 Å². The normalized spacial score (nSPS) is 10.5. The zero-order chi connectivity index (χ0) is 10.4. The van der Waals surface area contributed by atoms with Crippen molar-refractivity contribution in [1.29, 1.82) is 0 Å². The number of thioether (sulfide) groups is 2. The van der Waals surface area contributed by atoms with E-state index < -0.39 is 0 Å². The maximum absolute atomic E-state index is 8.81. The lowest BCUT2D eigenvalue weighted by Crippen LogP contribution is -1.93. The molecule has 0 aliphatic rings. The van der Waals surface area contributed by atoms with Crippen LogP contribution in [0.3, 0.4) is 0 Å². The highest BCUT2D eigenvalue weighted by Crippen LogP contribution is 2.31. The minimum atomic E-state index is 0.275. The first-order valence-electron chi connectivity index (χ1n) is 4.64. The van der Waals surface area contributed by atoms with Crippen molar-refractivity contribution in [3.63, 3.8) is 0 Å². The van der Waals surface area contributed by atoms with Crippen LogP contribution in [0.15, 0.2) is 28.0 Å². The lowest BCUT2D eigenvalue weighted by molar-refractivity contribution is 0.288. The Balaban J connectivity index is 2.90. The molecule has 1 nitrogen and oxygen atoms in total. The van der Waals surface area contributed by atoms with Gasteiger partial charge < -0.3 is 5.11 Å². The standard InChI is InChI=1S/C11H16OS2/c1-13-10-7-3-5-9(6-4-8-12)11(10)14-2/h3,5,7,12H,4,6,8H2,1-2H3. The molecule has 0 aromatic heterocycles. The van der Waals surface area contributed by atoms with E-state index in [9.17, 15) is 0 Å². The highest BCUT2D eigenvalue weighted by Gasteiger charge is 2.05. The first-order chi connectivity index (χ1) is 6.83. The van der Waals surface area contributed by atoms with Crippen LogP contribution >= 0.6 is 23.5 Å². The number of hydrogen-bond acceptors (Lipinski definition) is 3. The van der Waals surface area contributed by atoms with E-state index in [1.165, 1.54) is 15.4 Å². The predicted molar refractivity (Wildman–Crippen MR) is 65.4 cm³/mol. The summed E-state index contributed by atoms with van der Waals surface area (Å²) >= 11 is 3.58. The Kier molecular flexibility index (Phi) is 5.45. The summed E-state index contributed by atoms with van der Waals surface area (Å²) in [4.78, 5) is 2.71. The third-order valence-electron chi connectivity index (χ3n) is 2.09. The van der Waals surface area contributed by atoms with Crippen molar-refractivity contribution < 1.29 is 5.11 Å².